The first-order chi connectivity index (χ1) is 10.8. The number of rotatable bonds is 4. The second-order valence-electron chi connectivity index (χ2n) is 6.55. The van der Waals surface area contributed by atoms with Crippen LogP contribution in [0.25, 0.3) is 0 Å². The topological polar surface area (TPSA) is 56.1 Å². The fourth-order valence-electron chi connectivity index (χ4n) is 3.29. The second kappa shape index (κ2) is 5.92. The van der Waals surface area contributed by atoms with Crippen LogP contribution in [0.1, 0.15) is 34.0 Å². The van der Waals surface area contributed by atoms with Crippen LogP contribution in [0.15, 0.2) is 0 Å². The smallest absolute Gasteiger partial charge is 0.220 e. The molecule has 0 fully saturated rings. The van der Waals surface area contributed by atoms with E-state index in [0.29, 0.717) is 0 Å². The molecule has 0 aliphatic carbocycles. The minimum atomic E-state index is 0.141. The normalized spacial score (nSPS) is 16.7. The quantitative estimate of drug-likeness (QED) is 0.862. The molecule has 0 aromatic carbocycles. The molecule has 0 saturated carbocycles. The summed E-state index contributed by atoms with van der Waals surface area (Å²) in [6, 6.07) is 0. The van der Waals surface area contributed by atoms with E-state index in [4.69, 9.17) is 4.74 Å². The highest BCUT2D eigenvalue weighted by molar-refractivity contribution is 5.34. The Morgan fingerprint density at radius 3 is 2.57 bits per heavy atom. The van der Waals surface area contributed by atoms with Crippen LogP contribution in [0.4, 0.5) is 0 Å². The van der Waals surface area contributed by atoms with Crippen molar-refractivity contribution in [3.05, 3.63) is 34.0 Å². The van der Waals surface area contributed by atoms with Crippen molar-refractivity contribution in [1.29, 1.82) is 0 Å². The number of hydrogen-bond acceptors (Lipinski definition) is 5. The highest BCUT2D eigenvalue weighted by atomic mass is 16.5. The zero-order valence-corrected chi connectivity index (χ0v) is 14.8. The average Bonchev–Trinajstić information content (AvgIpc) is 2.95. The number of likely N-dealkylation sites (N-methyl/N-ethyl adjacent to an activating group) is 1. The fraction of sp³-hybridized carbons (Fsp3) is 0.588. The van der Waals surface area contributed by atoms with Crippen molar-refractivity contribution in [2.45, 2.75) is 46.8 Å². The molecule has 0 saturated heterocycles. The van der Waals surface area contributed by atoms with Gasteiger partial charge in [-0.2, -0.15) is 10.1 Å². The van der Waals surface area contributed by atoms with Crippen LogP contribution in [-0.4, -0.2) is 44.3 Å². The van der Waals surface area contributed by atoms with E-state index in [1.54, 1.807) is 0 Å². The van der Waals surface area contributed by atoms with Crippen LogP contribution in [0, 0.1) is 27.7 Å². The summed E-state index contributed by atoms with van der Waals surface area (Å²) < 4.78 is 7.98. The Morgan fingerprint density at radius 1 is 1.17 bits per heavy atom. The van der Waals surface area contributed by atoms with Gasteiger partial charge in [0.05, 0.1) is 5.69 Å². The summed E-state index contributed by atoms with van der Waals surface area (Å²) in [7, 11) is 4.12. The number of fused-ring (bicyclic) bond motifs is 1. The van der Waals surface area contributed by atoms with Gasteiger partial charge < -0.3 is 4.74 Å². The Hall–Kier alpha value is -1.95. The van der Waals surface area contributed by atoms with E-state index in [2.05, 4.69) is 40.9 Å². The highest BCUT2D eigenvalue weighted by Gasteiger charge is 2.28. The van der Waals surface area contributed by atoms with Crippen molar-refractivity contribution in [2.75, 3.05) is 13.6 Å². The third-order valence-corrected chi connectivity index (χ3v) is 4.60. The molecular formula is C17H25N5O. The third kappa shape index (κ3) is 3.08. The summed E-state index contributed by atoms with van der Waals surface area (Å²) in [5.74, 6) is 1.54. The molecule has 1 aliphatic rings. The van der Waals surface area contributed by atoms with Gasteiger partial charge in [0.1, 0.15) is 11.9 Å². The van der Waals surface area contributed by atoms with Gasteiger partial charge in [-0.15, -0.1) is 0 Å². The summed E-state index contributed by atoms with van der Waals surface area (Å²) in [5, 5.41) is 4.49. The molecule has 0 N–H and O–H groups in total. The Morgan fingerprint density at radius 2 is 1.91 bits per heavy atom. The number of aromatic nitrogens is 4. The van der Waals surface area contributed by atoms with E-state index in [9.17, 15) is 0 Å². The van der Waals surface area contributed by atoms with E-state index in [1.165, 1.54) is 11.3 Å². The van der Waals surface area contributed by atoms with E-state index in [-0.39, 0.29) is 6.10 Å². The molecule has 0 radical (unpaired) electrons. The second-order valence-corrected chi connectivity index (χ2v) is 6.55. The molecule has 3 rings (SSSR count). The fourth-order valence-corrected chi connectivity index (χ4v) is 3.29. The molecule has 2 aromatic heterocycles. The minimum Gasteiger partial charge on any atom is -0.472 e. The Labute approximate surface area is 137 Å². The predicted molar refractivity (Wildman–Crippen MR) is 88.6 cm³/mol. The maximum Gasteiger partial charge on any atom is 0.220 e. The largest absolute Gasteiger partial charge is 0.472 e. The third-order valence-electron chi connectivity index (χ3n) is 4.60. The maximum absolute atomic E-state index is 6.03. The molecule has 124 valence electrons. The summed E-state index contributed by atoms with van der Waals surface area (Å²) in [6.07, 6.45) is 1.03. The lowest BCUT2D eigenvalue weighted by Gasteiger charge is -2.20. The first kappa shape index (κ1) is 15.9. The van der Waals surface area contributed by atoms with Gasteiger partial charge in [0, 0.05) is 49.1 Å². The van der Waals surface area contributed by atoms with Crippen LogP contribution in [0.5, 0.6) is 5.88 Å². The molecule has 3 heterocycles. The van der Waals surface area contributed by atoms with E-state index < -0.39 is 0 Å². The van der Waals surface area contributed by atoms with Crippen molar-refractivity contribution in [1.82, 2.24) is 24.6 Å². The van der Waals surface area contributed by atoms with Crippen molar-refractivity contribution < 1.29 is 4.74 Å². The molecule has 2 aromatic rings. The van der Waals surface area contributed by atoms with Gasteiger partial charge in [-0.3, -0.25) is 9.58 Å². The Balaban J connectivity index is 1.66. The highest BCUT2D eigenvalue weighted by Crippen LogP contribution is 2.29. The van der Waals surface area contributed by atoms with Crippen LogP contribution in [0.3, 0.4) is 0 Å². The van der Waals surface area contributed by atoms with Crippen molar-refractivity contribution >= 4 is 0 Å². The molecule has 1 aliphatic heterocycles. The van der Waals surface area contributed by atoms with Crippen LogP contribution >= 0.6 is 0 Å². The van der Waals surface area contributed by atoms with Gasteiger partial charge in [-0.05, 0) is 34.7 Å². The Bertz CT molecular complexity index is 737. The lowest BCUT2D eigenvalue weighted by Crippen LogP contribution is -2.32. The van der Waals surface area contributed by atoms with Crippen molar-refractivity contribution in [3.8, 4) is 5.88 Å². The van der Waals surface area contributed by atoms with Gasteiger partial charge in [0.15, 0.2) is 0 Å². The lowest BCUT2D eigenvalue weighted by molar-refractivity contribution is 0.160. The van der Waals surface area contributed by atoms with E-state index >= 15 is 0 Å². The minimum absolute atomic E-state index is 0.141. The lowest BCUT2D eigenvalue weighted by atomic mass is 10.1. The molecule has 1 unspecified atom stereocenters. The van der Waals surface area contributed by atoms with Gasteiger partial charge in [0.2, 0.25) is 5.88 Å². The monoisotopic (exact) mass is 315 g/mol. The summed E-state index contributed by atoms with van der Waals surface area (Å²) >= 11 is 0. The van der Waals surface area contributed by atoms with Crippen molar-refractivity contribution in [3.63, 3.8) is 0 Å². The van der Waals surface area contributed by atoms with Gasteiger partial charge in [-0.25, -0.2) is 4.98 Å². The molecule has 6 nitrogen and oxygen atoms in total. The van der Waals surface area contributed by atoms with E-state index in [0.717, 1.165) is 48.2 Å². The molecule has 1 atom stereocenters. The van der Waals surface area contributed by atoms with Gasteiger partial charge in [-0.1, -0.05) is 0 Å². The SMILES string of the molecule is Cc1nc(C)c2c(n1)OC(CN(C)Cc1c(C)nn(C)c1C)C2. The van der Waals surface area contributed by atoms with Crippen molar-refractivity contribution in [2.24, 2.45) is 7.05 Å². The zero-order chi connectivity index (χ0) is 16.7. The first-order valence-corrected chi connectivity index (χ1v) is 8.03. The number of hydrogen-bond donors (Lipinski definition) is 0. The van der Waals surface area contributed by atoms with Crippen LogP contribution in [0.2, 0.25) is 0 Å². The van der Waals surface area contributed by atoms with Crippen LogP contribution in [-0.2, 0) is 20.0 Å². The summed E-state index contributed by atoms with van der Waals surface area (Å²) in [5.41, 5.74) is 5.82. The molecular weight excluding hydrogens is 290 g/mol. The Kier molecular flexibility index (Phi) is 4.10. The first-order valence-electron chi connectivity index (χ1n) is 8.03. The average molecular weight is 315 g/mol. The van der Waals surface area contributed by atoms with Gasteiger partial charge in [0.25, 0.3) is 0 Å². The summed E-state index contributed by atoms with van der Waals surface area (Å²) in [6.45, 7) is 9.87. The predicted octanol–water partition coefficient (Wildman–Crippen LogP) is 1.88. The number of ether oxygens (including phenoxy) is 1. The molecule has 0 spiro atoms. The number of nitrogens with zero attached hydrogens (tertiary/aromatic N) is 5. The zero-order valence-electron chi connectivity index (χ0n) is 14.8. The molecule has 23 heavy (non-hydrogen) atoms. The molecule has 0 amide bonds. The molecule has 0 bridgehead atoms. The van der Waals surface area contributed by atoms with E-state index in [1.807, 2.05) is 25.6 Å². The maximum atomic E-state index is 6.03. The molecule has 6 heteroatoms. The number of aryl methyl sites for hydroxylation is 4. The standard InChI is InChI=1S/C17H25N5O/c1-10-15-7-14(23-17(15)19-13(4)18-10)8-21(5)9-16-11(2)20-22(6)12(16)3/h14H,7-9H2,1-6H3. The summed E-state index contributed by atoms with van der Waals surface area (Å²) in [4.78, 5) is 11.2. The van der Waals surface area contributed by atoms with Crippen LogP contribution < -0.4 is 4.74 Å². The van der Waals surface area contributed by atoms with Gasteiger partial charge >= 0.3 is 0 Å².